The first-order chi connectivity index (χ1) is 67.8. The molecule has 3 aromatic rings. The number of thiol groups is 1. The summed E-state index contributed by atoms with van der Waals surface area (Å²) < 4.78 is 97.0. The Kier molecular flexibility index (Phi) is 55.5. The maximum absolute atomic E-state index is 16.0. The van der Waals surface area contributed by atoms with Crippen LogP contribution < -0.4 is 40.8 Å². The molecule has 3 heterocycles. The van der Waals surface area contributed by atoms with E-state index in [1.165, 1.54) is 81.4 Å². The number of esters is 7. The van der Waals surface area contributed by atoms with Gasteiger partial charge in [0.2, 0.25) is 47.5 Å². The number of nitrogens with one attached hydrogen (secondary N) is 6. The smallest absolute Gasteiger partial charge is 0.307 e. The summed E-state index contributed by atoms with van der Waals surface area (Å²) in [6.07, 6.45) is 0.522. The van der Waals surface area contributed by atoms with Crippen molar-refractivity contribution in [2.75, 3.05) is 99.7 Å². The molecule has 0 bridgehead atoms. The van der Waals surface area contributed by atoms with Crippen LogP contribution in [0, 0.1) is 17.8 Å². The Morgan fingerprint density at radius 2 is 0.754 bits per heavy atom. The average molecular weight is 2060 g/mol. The third-order valence-corrected chi connectivity index (χ3v) is 25.4. The number of carbonyl (C=O) groups is 15. The summed E-state index contributed by atoms with van der Waals surface area (Å²) in [4.78, 5) is 198. The van der Waals surface area contributed by atoms with E-state index in [1.807, 2.05) is 54.6 Å². The molecular formula is C100H151N8O31PS2. The second-order valence-corrected chi connectivity index (χ2v) is 40.0. The number of rotatable bonds is 65. The zero-order chi connectivity index (χ0) is 104. The molecule has 0 saturated carbocycles. The summed E-state index contributed by atoms with van der Waals surface area (Å²) in [7, 11) is 4.84. The zero-order valence-electron chi connectivity index (χ0n) is 84.6. The Morgan fingerprint density at radius 3 is 1.11 bits per heavy atom. The van der Waals surface area contributed by atoms with E-state index in [9.17, 15) is 67.1 Å². The van der Waals surface area contributed by atoms with Gasteiger partial charge in [-0.15, -0.1) is 0 Å². The summed E-state index contributed by atoms with van der Waals surface area (Å²) in [6.45, 7) is 17.0. The van der Waals surface area contributed by atoms with Gasteiger partial charge in [0.05, 0.1) is 45.4 Å². The molecule has 142 heavy (non-hydrogen) atoms. The topological polar surface area (TPSA) is 482 Å². The summed E-state index contributed by atoms with van der Waals surface area (Å²) in [5, 5.41) is 14.6. The van der Waals surface area contributed by atoms with Crippen molar-refractivity contribution in [1.29, 1.82) is 0 Å². The lowest BCUT2D eigenvalue weighted by Gasteiger charge is -2.44. The lowest BCUT2D eigenvalue weighted by atomic mass is 9.80. The first kappa shape index (κ1) is 121. The predicted molar refractivity (Wildman–Crippen MR) is 527 cm³/mol. The largest absolute Gasteiger partial charge is 0.497 e. The number of nitrogens with zero attached hydrogens (tertiary/aromatic N) is 2. The highest BCUT2D eigenvalue weighted by Gasteiger charge is 2.51. The van der Waals surface area contributed by atoms with Gasteiger partial charge < -0.3 is 117 Å². The Morgan fingerprint density at radius 1 is 0.408 bits per heavy atom. The van der Waals surface area contributed by atoms with Crippen LogP contribution in [-0.4, -0.2) is 278 Å². The maximum atomic E-state index is 16.0. The Balaban J connectivity index is 1.20. The number of carbonyl (C=O) groups excluding carboxylic acids is 15. The number of unbranched alkanes of at least 4 members (excludes halogenated alkanes) is 12. The van der Waals surface area contributed by atoms with E-state index in [-0.39, 0.29) is 153 Å². The number of methoxy groups -OCH3 is 2. The van der Waals surface area contributed by atoms with E-state index in [0.717, 1.165) is 25.7 Å². The van der Waals surface area contributed by atoms with Crippen LogP contribution in [0.4, 0.5) is 0 Å². The molecule has 8 unspecified atom stereocenters. The summed E-state index contributed by atoms with van der Waals surface area (Å²) in [5.74, 6) is -7.57. The summed E-state index contributed by atoms with van der Waals surface area (Å²) >= 11 is 5.19. The minimum Gasteiger partial charge on any atom is -0.497 e. The standard InChI is InChI=1S/C100H151N8O31PS2/c1-64-90(103-67(4)109)97(137-81(60-129-70(7)112)93(64)133-73(10)115)126-57-30-21-15-18-27-38-85(118)101-51-33-53-107(88(121)40-29-20-17-23-32-59-128-99-92(105-69(6)111)66(3)95(135-75(12)117)83(139-99)62-131-72(9)114)55-35-56-108(54-34-52-102-86(119)39-28-19-16-22-31-58-127-98-91(104-68(5)110)65(2)94(134-74(11)116)82(138-98)61-130-71(8)113)96(123)84(136-89(122)50-49-87(120)106-142(140)141)63-132-100(76-36-25-24-26-37-76,77-41-45-79(124-13)46-42-77)78-43-47-80(125-14)48-44-78/h24-26,36-37,41-48,64-66,81-84,90-95,97-99,140,142H,15-23,27-35,38-40,49-63H2,1-14H3,(H,101,118)(H,102,119)(H,103,109)(H,104,110)(H,105,111)(H,106,120,141)/t64-,65-,66-,81?,82?,83?,84?,90?,91?,92?,93-,94-,95-,97-,98-,99-/m1/s1. The van der Waals surface area contributed by atoms with E-state index in [2.05, 4.69) is 39.3 Å². The van der Waals surface area contributed by atoms with E-state index in [1.54, 1.807) is 49.9 Å². The van der Waals surface area contributed by atoms with Crippen LogP contribution >= 0.6 is 8.02 Å². The zero-order valence-corrected chi connectivity index (χ0v) is 87.3. The third kappa shape index (κ3) is 43.4. The second kappa shape index (κ2) is 65.3. The van der Waals surface area contributed by atoms with Crippen molar-refractivity contribution in [3.05, 3.63) is 95.6 Å². The Labute approximate surface area is 842 Å². The molecule has 3 aliphatic heterocycles. The Hall–Kier alpha value is -10.1. The molecule has 794 valence electrons. The highest BCUT2D eigenvalue weighted by molar-refractivity contribution is 8.38. The van der Waals surface area contributed by atoms with Crippen molar-refractivity contribution in [3.63, 3.8) is 0 Å². The molecule has 3 fully saturated rings. The van der Waals surface area contributed by atoms with Gasteiger partial charge in [0.25, 0.3) is 5.91 Å². The number of amides is 8. The number of benzene rings is 3. The highest BCUT2D eigenvalue weighted by atomic mass is 32.9. The van der Waals surface area contributed by atoms with Crippen LogP contribution in [0.3, 0.4) is 0 Å². The fourth-order valence-electron chi connectivity index (χ4n) is 17.3. The van der Waals surface area contributed by atoms with Crippen LogP contribution in [0.5, 0.6) is 11.5 Å². The minimum atomic E-state index is -1.69. The summed E-state index contributed by atoms with van der Waals surface area (Å²) in [6, 6.07) is 21.6. The van der Waals surface area contributed by atoms with Gasteiger partial charge >= 0.3 is 41.8 Å². The first-order valence-electron chi connectivity index (χ1n) is 49.1. The minimum absolute atomic E-state index is 0.00289. The molecule has 0 spiro atoms. The Bertz CT molecular complexity index is 4500. The van der Waals surface area contributed by atoms with Crippen LogP contribution in [0.2, 0.25) is 0 Å². The van der Waals surface area contributed by atoms with Gasteiger partial charge in [-0.05, 0) is 110 Å². The third-order valence-electron chi connectivity index (χ3n) is 24.3. The van der Waals surface area contributed by atoms with Crippen LogP contribution in [0.1, 0.15) is 247 Å². The van der Waals surface area contributed by atoms with Crippen molar-refractivity contribution in [2.24, 2.45) is 17.8 Å². The van der Waals surface area contributed by atoms with Crippen LogP contribution in [0.15, 0.2) is 78.9 Å². The van der Waals surface area contributed by atoms with Gasteiger partial charge in [0, 0.05) is 165 Å². The fourth-order valence-corrected chi connectivity index (χ4v) is 18.3. The van der Waals surface area contributed by atoms with Gasteiger partial charge in [-0.3, -0.25) is 71.9 Å². The van der Waals surface area contributed by atoms with E-state index in [4.69, 9.17) is 87.0 Å². The normalized spacial score (nSPS) is 21.3. The predicted octanol–water partition coefficient (Wildman–Crippen LogP) is 8.82. The van der Waals surface area contributed by atoms with Gasteiger partial charge in [0.15, 0.2) is 18.9 Å². The highest BCUT2D eigenvalue weighted by Crippen LogP contribution is 2.43. The molecule has 3 aliphatic rings. The lowest BCUT2D eigenvalue weighted by Crippen LogP contribution is -2.62. The molecule has 17 atom stereocenters. The molecule has 3 aromatic carbocycles. The lowest BCUT2D eigenvalue weighted by molar-refractivity contribution is -0.262. The van der Waals surface area contributed by atoms with Crippen LogP contribution in [0.25, 0.3) is 0 Å². The molecule has 3 saturated heterocycles. The van der Waals surface area contributed by atoms with E-state index >= 15 is 4.79 Å². The maximum Gasteiger partial charge on any atom is 0.307 e. The number of hydrogen-bond donors (Lipinski definition) is 7. The first-order valence-corrected chi connectivity index (χ1v) is 52.8. The quantitative estimate of drug-likeness (QED) is 0.00692. The van der Waals surface area contributed by atoms with Crippen LogP contribution in [-0.2, 0) is 164 Å². The molecule has 42 heteroatoms. The average Bonchev–Trinajstić information content (AvgIpc) is 0.749. The molecule has 8 amide bonds. The second-order valence-electron chi connectivity index (χ2n) is 35.8. The molecule has 0 aliphatic carbocycles. The van der Waals surface area contributed by atoms with Crippen molar-refractivity contribution in [1.82, 2.24) is 41.1 Å². The SMILES string of the molecule is COc1ccc(C(OCC(OC(=O)CCC(=O)N[SH](=P)=S)C(=O)N(CCCNC(=O)CCCCCCCO[C@@H]2OC(COC(C)=O)[C@H](OC(C)=O)[C@H](C)C2NC(C)=O)CCCN(CCCNC(=O)CCCCCCCO[C@@H]2OC(COC(C)=O)[C@H](OC(C)=O)[C@H](C)C2NC(C)=O)C(=O)CCCCCCCO[C@@H]2OC(COC(C)=O)[C@H](OC(C)=O)[C@H](C)C2NC(C)=O)(c2ccccc2)c2ccc(OC)cc2)cc1. The van der Waals surface area contributed by atoms with Crippen molar-refractivity contribution in [3.8, 4) is 11.5 Å². The van der Waals surface area contributed by atoms with Crippen molar-refractivity contribution < 1.29 is 148 Å². The van der Waals surface area contributed by atoms with E-state index in [0.29, 0.717) is 105 Å². The van der Waals surface area contributed by atoms with Gasteiger partial charge in [0.1, 0.15) is 73.5 Å². The van der Waals surface area contributed by atoms with E-state index < -0.39 is 179 Å². The fraction of sp³-hybridized carbons (Fsp3) is 0.670. The van der Waals surface area contributed by atoms with Crippen molar-refractivity contribution in [2.45, 2.75) is 316 Å². The molecule has 39 nitrogen and oxygen atoms in total. The molecule has 0 aromatic heterocycles. The molecule has 6 rings (SSSR count). The van der Waals surface area contributed by atoms with Crippen molar-refractivity contribution >= 4 is 117 Å². The number of hydrogen-bond acceptors (Lipinski definition) is 32. The number of ether oxygens (including phenoxy) is 16. The van der Waals surface area contributed by atoms with Gasteiger partial charge in [-0.1, -0.05) is 150 Å². The van der Waals surface area contributed by atoms with Gasteiger partial charge in [-0.2, -0.15) is 0 Å². The summed E-state index contributed by atoms with van der Waals surface area (Å²) in [5.41, 5.74) is 0.297. The molecular weight excluding hydrogens is 1900 g/mol. The van der Waals surface area contributed by atoms with Gasteiger partial charge in [-0.25, -0.2) is 0 Å². The molecule has 0 radical (unpaired) electrons. The molecule has 6 N–H and O–H groups in total. The monoisotopic (exact) mass is 2050 g/mol.